The summed E-state index contributed by atoms with van der Waals surface area (Å²) in [5, 5.41) is 3.28. The van der Waals surface area contributed by atoms with Gasteiger partial charge in [0.05, 0.1) is 41.6 Å². The first-order valence-corrected chi connectivity index (χ1v) is 8.44. The van der Waals surface area contributed by atoms with Crippen LogP contribution in [-0.2, 0) is 16.1 Å². The fraction of sp³-hybridized carbons (Fsp3) is 0.294. The van der Waals surface area contributed by atoms with Gasteiger partial charge in [0, 0.05) is 6.54 Å². The molecule has 1 N–H and O–H groups in total. The summed E-state index contributed by atoms with van der Waals surface area (Å²) in [5.74, 6) is 0.219. The van der Waals surface area contributed by atoms with Crippen LogP contribution < -0.4 is 5.32 Å². The SMILES string of the molecule is CCOC(=O)CCN(Cc1ccco1)C(=O)Nc1cccc(Cl)c1Cl. The van der Waals surface area contributed by atoms with Gasteiger partial charge < -0.3 is 19.4 Å². The highest BCUT2D eigenvalue weighted by molar-refractivity contribution is 6.43. The van der Waals surface area contributed by atoms with E-state index in [4.69, 9.17) is 32.4 Å². The van der Waals surface area contributed by atoms with E-state index in [1.54, 1.807) is 37.3 Å². The summed E-state index contributed by atoms with van der Waals surface area (Å²) in [6.07, 6.45) is 1.59. The second-order valence-electron chi connectivity index (χ2n) is 5.09. The minimum Gasteiger partial charge on any atom is -0.467 e. The van der Waals surface area contributed by atoms with Gasteiger partial charge in [0.25, 0.3) is 0 Å². The lowest BCUT2D eigenvalue weighted by Crippen LogP contribution is -2.36. The molecule has 2 rings (SSSR count). The van der Waals surface area contributed by atoms with Crippen molar-refractivity contribution in [2.24, 2.45) is 0 Å². The van der Waals surface area contributed by atoms with Gasteiger partial charge in [-0.3, -0.25) is 4.79 Å². The number of esters is 1. The number of urea groups is 1. The van der Waals surface area contributed by atoms with E-state index in [1.807, 2.05) is 0 Å². The van der Waals surface area contributed by atoms with Crippen LogP contribution >= 0.6 is 23.2 Å². The first-order chi connectivity index (χ1) is 12.0. The van der Waals surface area contributed by atoms with Gasteiger partial charge in [0.2, 0.25) is 0 Å². The van der Waals surface area contributed by atoms with Crippen molar-refractivity contribution in [1.82, 2.24) is 4.90 Å². The molecule has 0 bridgehead atoms. The minimum atomic E-state index is -0.426. The van der Waals surface area contributed by atoms with E-state index in [-0.39, 0.29) is 30.5 Å². The molecule has 0 fully saturated rings. The zero-order chi connectivity index (χ0) is 18.2. The van der Waals surface area contributed by atoms with Crippen molar-refractivity contribution < 1.29 is 18.7 Å². The lowest BCUT2D eigenvalue weighted by atomic mass is 10.3. The van der Waals surface area contributed by atoms with Crippen molar-refractivity contribution in [3.8, 4) is 0 Å². The molecule has 2 amide bonds. The summed E-state index contributed by atoms with van der Waals surface area (Å²) in [4.78, 5) is 25.6. The Bertz CT molecular complexity index is 719. The molecule has 6 nitrogen and oxygen atoms in total. The number of nitrogens with zero attached hydrogens (tertiary/aromatic N) is 1. The highest BCUT2D eigenvalue weighted by Gasteiger charge is 2.18. The van der Waals surface area contributed by atoms with Crippen molar-refractivity contribution in [3.05, 3.63) is 52.4 Å². The fourth-order valence-corrected chi connectivity index (χ4v) is 2.44. The van der Waals surface area contributed by atoms with Crippen LogP contribution in [0.15, 0.2) is 41.0 Å². The molecule has 8 heteroatoms. The lowest BCUT2D eigenvalue weighted by Gasteiger charge is -2.22. The van der Waals surface area contributed by atoms with Crippen molar-refractivity contribution in [3.63, 3.8) is 0 Å². The highest BCUT2D eigenvalue weighted by atomic mass is 35.5. The van der Waals surface area contributed by atoms with E-state index in [9.17, 15) is 9.59 Å². The van der Waals surface area contributed by atoms with E-state index in [0.717, 1.165) is 0 Å². The van der Waals surface area contributed by atoms with Gasteiger partial charge in [-0.2, -0.15) is 0 Å². The summed E-state index contributed by atoms with van der Waals surface area (Å²) in [6.45, 7) is 2.40. The van der Waals surface area contributed by atoms with Crippen molar-refractivity contribution in [1.29, 1.82) is 0 Å². The third-order valence-corrected chi connectivity index (χ3v) is 4.12. The Morgan fingerprint density at radius 3 is 2.72 bits per heavy atom. The number of amides is 2. The Kier molecular flexibility index (Phi) is 7.16. The predicted octanol–water partition coefficient (Wildman–Crippen LogP) is 4.57. The number of rotatable bonds is 7. The third kappa shape index (κ3) is 5.69. The van der Waals surface area contributed by atoms with Gasteiger partial charge in [-0.25, -0.2) is 4.79 Å². The molecular weight excluding hydrogens is 367 g/mol. The molecule has 1 aromatic carbocycles. The molecule has 134 valence electrons. The summed E-state index contributed by atoms with van der Waals surface area (Å²) in [7, 11) is 0. The van der Waals surface area contributed by atoms with Gasteiger partial charge in [-0.05, 0) is 31.2 Å². The van der Waals surface area contributed by atoms with Crippen LogP contribution in [0.1, 0.15) is 19.1 Å². The molecule has 2 aromatic rings. The zero-order valence-electron chi connectivity index (χ0n) is 13.6. The van der Waals surface area contributed by atoms with Crippen LogP contribution in [0.3, 0.4) is 0 Å². The number of hydrogen-bond donors (Lipinski definition) is 1. The molecular formula is C17H18Cl2N2O4. The Labute approximate surface area is 155 Å². The molecule has 25 heavy (non-hydrogen) atoms. The number of furan rings is 1. The van der Waals surface area contributed by atoms with E-state index < -0.39 is 6.03 Å². The summed E-state index contributed by atoms with van der Waals surface area (Å²) >= 11 is 12.1. The molecule has 0 saturated heterocycles. The number of nitrogens with one attached hydrogen (secondary N) is 1. The van der Waals surface area contributed by atoms with Crippen molar-refractivity contribution >= 4 is 40.9 Å². The van der Waals surface area contributed by atoms with E-state index in [2.05, 4.69) is 5.32 Å². The van der Waals surface area contributed by atoms with Gasteiger partial charge in [-0.15, -0.1) is 0 Å². The first kappa shape index (κ1) is 19.1. The Morgan fingerprint density at radius 1 is 1.24 bits per heavy atom. The van der Waals surface area contributed by atoms with Gasteiger partial charge in [0.1, 0.15) is 5.76 Å². The van der Waals surface area contributed by atoms with Crippen molar-refractivity contribution in [2.75, 3.05) is 18.5 Å². The standard InChI is InChI=1S/C17H18Cl2N2O4/c1-2-24-15(22)8-9-21(11-12-5-4-10-25-12)17(23)20-14-7-3-6-13(18)16(14)19/h3-7,10H,2,8-9,11H2,1H3,(H,20,23). The van der Waals surface area contributed by atoms with Crippen LogP contribution in [-0.4, -0.2) is 30.1 Å². The van der Waals surface area contributed by atoms with Crippen LogP contribution in [0, 0.1) is 0 Å². The Balaban J connectivity index is 2.08. The Morgan fingerprint density at radius 2 is 2.04 bits per heavy atom. The maximum Gasteiger partial charge on any atom is 0.322 e. The number of carbonyl (C=O) groups is 2. The molecule has 0 unspecified atom stereocenters. The van der Waals surface area contributed by atoms with E-state index in [1.165, 1.54) is 11.2 Å². The first-order valence-electron chi connectivity index (χ1n) is 7.69. The second kappa shape index (κ2) is 9.34. The maximum atomic E-state index is 12.6. The number of halogens is 2. The number of benzene rings is 1. The van der Waals surface area contributed by atoms with Crippen LogP contribution in [0.5, 0.6) is 0 Å². The highest BCUT2D eigenvalue weighted by Crippen LogP contribution is 2.29. The molecule has 0 atom stereocenters. The summed E-state index contributed by atoms with van der Waals surface area (Å²) in [6, 6.07) is 7.99. The zero-order valence-corrected chi connectivity index (χ0v) is 15.1. The molecule has 1 aromatic heterocycles. The number of anilines is 1. The molecule has 0 aliphatic rings. The second-order valence-corrected chi connectivity index (χ2v) is 5.87. The van der Waals surface area contributed by atoms with Crippen LogP contribution in [0.2, 0.25) is 10.0 Å². The van der Waals surface area contributed by atoms with Gasteiger partial charge >= 0.3 is 12.0 Å². The topological polar surface area (TPSA) is 71.8 Å². The normalized spacial score (nSPS) is 10.4. The van der Waals surface area contributed by atoms with Crippen LogP contribution in [0.25, 0.3) is 0 Å². The quantitative estimate of drug-likeness (QED) is 0.709. The maximum absolute atomic E-state index is 12.6. The summed E-state index contributed by atoms with van der Waals surface area (Å²) in [5.41, 5.74) is 0.389. The minimum absolute atomic E-state index is 0.0746. The van der Waals surface area contributed by atoms with Gasteiger partial charge in [-0.1, -0.05) is 29.3 Å². The number of carbonyl (C=O) groups excluding carboxylic acids is 2. The molecule has 1 heterocycles. The van der Waals surface area contributed by atoms with E-state index in [0.29, 0.717) is 23.1 Å². The fourth-order valence-electron chi connectivity index (χ4n) is 2.10. The number of ether oxygens (including phenoxy) is 1. The third-order valence-electron chi connectivity index (χ3n) is 3.30. The lowest BCUT2D eigenvalue weighted by molar-refractivity contribution is -0.143. The molecule has 0 saturated carbocycles. The Hall–Kier alpha value is -2.18. The molecule has 0 spiro atoms. The summed E-state index contributed by atoms with van der Waals surface area (Å²) < 4.78 is 10.2. The predicted molar refractivity (Wildman–Crippen MR) is 95.8 cm³/mol. The average molecular weight is 385 g/mol. The molecule has 0 aliphatic heterocycles. The average Bonchev–Trinajstić information content (AvgIpc) is 3.09. The van der Waals surface area contributed by atoms with Gasteiger partial charge in [0.15, 0.2) is 0 Å². The van der Waals surface area contributed by atoms with E-state index >= 15 is 0 Å². The smallest absolute Gasteiger partial charge is 0.322 e. The number of hydrogen-bond acceptors (Lipinski definition) is 4. The van der Waals surface area contributed by atoms with Crippen molar-refractivity contribution in [2.45, 2.75) is 19.9 Å². The largest absolute Gasteiger partial charge is 0.467 e. The molecule has 0 radical (unpaired) electrons. The molecule has 0 aliphatic carbocycles. The van der Waals surface area contributed by atoms with Crippen LogP contribution in [0.4, 0.5) is 10.5 Å². The monoisotopic (exact) mass is 384 g/mol.